The van der Waals surface area contributed by atoms with Crippen LogP contribution >= 0.6 is 0 Å². The largest absolute Gasteiger partial charge is 0.341 e. The predicted octanol–water partition coefficient (Wildman–Crippen LogP) is -0.484. The SMILES string of the molecule is CNC(=O)NC(=O)CCN1CC2CCCNC2C1. The van der Waals surface area contributed by atoms with Gasteiger partial charge in [0.2, 0.25) is 5.91 Å². The second kappa shape index (κ2) is 6.15. The second-order valence-corrected chi connectivity index (χ2v) is 5.10. The van der Waals surface area contributed by atoms with E-state index in [0.717, 1.165) is 32.1 Å². The number of carbonyl (C=O) groups is 2. The van der Waals surface area contributed by atoms with Crippen molar-refractivity contribution in [3.05, 3.63) is 0 Å². The third kappa shape index (κ3) is 3.43. The van der Waals surface area contributed by atoms with Crippen molar-refractivity contribution < 1.29 is 9.59 Å². The number of piperidine rings is 1. The van der Waals surface area contributed by atoms with Crippen molar-refractivity contribution in [3.63, 3.8) is 0 Å². The van der Waals surface area contributed by atoms with Crippen molar-refractivity contribution in [2.45, 2.75) is 25.3 Å². The number of carbonyl (C=O) groups excluding carboxylic acids is 2. The van der Waals surface area contributed by atoms with Gasteiger partial charge in [0.25, 0.3) is 0 Å². The number of imide groups is 1. The van der Waals surface area contributed by atoms with Crippen LogP contribution in [0.5, 0.6) is 0 Å². The maximum absolute atomic E-state index is 11.5. The summed E-state index contributed by atoms with van der Waals surface area (Å²) in [5, 5.41) is 8.19. The molecule has 2 fully saturated rings. The van der Waals surface area contributed by atoms with Gasteiger partial charge in [-0.05, 0) is 25.3 Å². The van der Waals surface area contributed by atoms with Gasteiger partial charge < -0.3 is 15.5 Å². The van der Waals surface area contributed by atoms with Gasteiger partial charge in [0.05, 0.1) is 0 Å². The fourth-order valence-corrected chi connectivity index (χ4v) is 2.83. The van der Waals surface area contributed by atoms with Gasteiger partial charge in [-0.2, -0.15) is 0 Å². The summed E-state index contributed by atoms with van der Waals surface area (Å²) >= 11 is 0. The van der Waals surface area contributed by atoms with Crippen LogP contribution in [-0.4, -0.2) is 56.1 Å². The van der Waals surface area contributed by atoms with E-state index in [0.29, 0.717) is 12.5 Å². The molecule has 102 valence electrons. The maximum Gasteiger partial charge on any atom is 0.321 e. The summed E-state index contributed by atoms with van der Waals surface area (Å²) in [6, 6.07) is 0.164. The molecule has 2 atom stereocenters. The summed E-state index contributed by atoms with van der Waals surface area (Å²) in [4.78, 5) is 24.7. The Bertz CT molecular complexity index is 307. The average Bonchev–Trinajstić information content (AvgIpc) is 2.79. The Hall–Kier alpha value is -1.14. The maximum atomic E-state index is 11.5. The van der Waals surface area contributed by atoms with E-state index >= 15 is 0 Å². The van der Waals surface area contributed by atoms with Crippen molar-refractivity contribution in [3.8, 4) is 0 Å². The molecule has 6 heteroatoms. The molecule has 2 unspecified atom stereocenters. The van der Waals surface area contributed by atoms with E-state index in [1.54, 1.807) is 0 Å². The standard InChI is InChI=1S/C12H22N4O2/c1-13-12(18)15-11(17)4-6-16-7-9-3-2-5-14-10(9)8-16/h9-10,14H,2-8H2,1H3,(H2,13,15,17,18). The predicted molar refractivity (Wildman–Crippen MR) is 68.2 cm³/mol. The smallest absolute Gasteiger partial charge is 0.321 e. The normalized spacial score (nSPS) is 27.6. The van der Waals surface area contributed by atoms with Crippen LogP contribution in [0.1, 0.15) is 19.3 Å². The van der Waals surface area contributed by atoms with E-state index in [1.807, 2.05) is 0 Å². The van der Waals surface area contributed by atoms with Crippen LogP contribution in [0.15, 0.2) is 0 Å². The highest BCUT2D eigenvalue weighted by molar-refractivity contribution is 5.94. The van der Waals surface area contributed by atoms with Gasteiger partial charge in [0.15, 0.2) is 0 Å². The second-order valence-electron chi connectivity index (χ2n) is 5.10. The molecule has 0 aromatic carbocycles. The first-order valence-electron chi connectivity index (χ1n) is 6.66. The molecular formula is C12H22N4O2. The number of nitrogens with one attached hydrogen (secondary N) is 3. The summed E-state index contributed by atoms with van der Waals surface area (Å²) in [5.74, 6) is 0.526. The lowest BCUT2D eigenvalue weighted by atomic mass is 9.94. The van der Waals surface area contributed by atoms with Gasteiger partial charge in [0, 0.05) is 39.1 Å². The molecule has 0 saturated carbocycles. The highest BCUT2D eigenvalue weighted by atomic mass is 16.2. The Morgan fingerprint density at radius 1 is 1.39 bits per heavy atom. The zero-order chi connectivity index (χ0) is 13.0. The first kappa shape index (κ1) is 13.3. The lowest BCUT2D eigenvalue weighted by Gasteiger charge is -2.24. The van der Waals surface area contributed by atoms with Crippen molar-refractivity contribution in [1.82, 2.24) is 20.9 Å². The number of nitrogens with zero attached hydrogens (tertiary/aromatic N) is 1. The number of rotatable bonds is 3. The number of urea groups is 1. The zero-order valence-corrected chi connectivity index (χ0v) is 10.9. The van der Waals surface area contributed by atoms with Gasteiger partial charge in [0.1, 0.15) is 0 Å². The van der Waals surface area contributed by atoms with Gasteiger partial charge in [-0.1, -0.05) is 0 Å². The molecule has 2 aliphatic rings. The summed E-state index contributed by atoms with van der Waals surface area (Å²) in [5.41, 5.74) is 0. The fourth-order valence-electron chi connectivity index (χ4n) is 2.83. The first-order valence-corrected chi connectivity index (χ1v) is 6.66. The summed E-state index contributed by atoms with van der Waals surface area (Å²) in [6.45, 7) is 3.95. The van der Waals surface area contributed by atoms with E-state index < -0.39 is 6.03 Å². The molecule has 0 aromatic heterocycles. The van der Waals surface area contributed by atoms with Gasteiger partial charge in [-0.25, -0.2) is 4.79 Å². The topological polar surface area (TPSA) is 73.5 Å². The van der Waals surface area contributed by atoms with E-state index in [-0.39, 0.29) is 5.91 Å². The monoisotopic (exact) mass is 254 g/mol. The van der Waals surface area contributed by atoms with E-state index in [2.05, 4.69) is 20.9 Å². The first-order chi connectivity index (χ1) is 8.69. The molecule has 18 heavy (non-hydrogen) atoms. The minimum atomic E-state index is -0.434. The Kier molecular flexibility index (Phi) is 4.54. The molecule has 0 aromatic rings. The molecule has 0 radical (unpaired) electrons. The van der Waals surface area contributed by atoms with Crippen LogP contribution in [0.2, 0.25) is 0 Å². The number of amides is 3. The molecule has 0 spiro atoms. The van der Waals surface area contributed by atoms with Crippen molar-refractivity contribution in [2.24, 2.45) is 5.92 Å². The zero-order valence-electron chi connectivity index (χ0n) is 10.9. The van der Waals surface area contributed by atoms with Crippen LogP contribution in [0.3, 0.4) is 0 Å². The van der Waals surface area contributed by atoms with Crippen LogP contribution in [0, 0.1) is 5.92 Å². The molecule has 3 amide bonds. The minimum Gasteiger partial charge on any atom is -0.341 e. The van der Waals surface area contributed by atoms with Crippen molar-refractivity contribution in [1.29, 1.82) is 0 Å². The molecule has 0 bridgehead atoms. The highest BCUT2D eigenvalue weighted by Gasteiger charge is 2.33. The van der Waals surface area contributed by atoms with E-state index in [9.17, 15) is 9.59 Å². The summed E-state index contributed by atoms with van der Waals surface area (Å²) < 4.78 is 0. The minimum absolute atomic E-state index is 0.211. The molecule has 2 aliphatic heterocycles. The average molecular weight is 254 g/mol. The number of hydrogen-bond acceptors (Lipinski definition) is 4. The molecule has 0 aliphatic carbocycles. The van der Waals surface area contributed by atoms with Crippen molar-refractivity contribution >= 4 is 11.9 Å². The fraction of sp³-hybridized carbons (Fsp3) is 0.833. The molecular weight excluding hydrogens is 232 g/mol. The Morgan fingerprint density at radius 3 is 2.94 bits per heavy atom. The molecule has 3 N–H and O–H groups in total. The summed E-state index contributed by atoms with van der Waals surface area (Å²) in [7, 11) is 1.50. The van der Waals surface area contributed by atoms with Crippen LogP contribution in [-0.2, 0) is 4.79 Å². The Morgan fingerprint density at radius 2 is 2.22 bits per heavy atom. The number of fused-ring (bicyclic) bond motifs is 1. The van der Waals surface area contributed by atoms with E-state index in [4.69, 9.17) is 0 Å². The van der Waals surface area contributed by atoms with Gasteiger partial charge in [-0.15, -0.1) is 0 Å². The Balaban J connectivity index is 1.68. The summed E-state index contributed by atoms with van der Waals surface area (Å²) in [6.07, 6.45) is 2.93. The lowest BCUT2D eigenvalue weighted by Crippen LogP contribution is -2.41. The molecule has 2 heterocycles. The number of likely N-dealkylation sites (tertiary alicyclic amines) is 1. The molecule has 2 rings (SSSR count). The molecule has 2 saturated heterocycles. The lowest BCUT2D eigenvalue weighted by molar-refractivity contribution is -0.120. The van der Waals surface area contributed by atoms with Gasteiger partial charge in [-0.3, -0.25) is 10.1 Å². The third-order valence-electron chi connectivity index (χ3n) is 3.81. The van der Waals surface area contributed by atoms with Gasteiger partial charge >= 0.3 is 6.03 Å². The third-order valence-corrected chi connectivity index (χ3v) is 3.81. The van der Waals surface area contributed by atoms with Crippen LogP contribution in [0.4, 0.5) is 4.79 Å². The quantitative estimate of drug-likeness (QED) is 0.636. The van der Waals surface area contributed by atoms with E-state index in [1.165, 1.54) is 19.9 Å². The van der Waals surface area contributed by atoms with Crippen molar-refractivity contribution in [2.75, 3.05) is 33.2 Å². The van der Waals surface area contributed by atoms with Crippen LogP contribution in [0.25, 0.3) is 0 Å². The Labute approximate surface area is 107 Å². The molecule has 6 nitrogen and oxygen atoms in total. The van der Waals surface area contributed by atoms with Crippen LogP contribution < -0.4 is 16.0 Å². The number of hydrogen-bond donors (Lipinski definition) is 3. The highest BCUT2D eigenvalue weighted by Crippen LogP contribution is 2.24.